The van der Waals surface area contributed by atoms with Crippen molar-refractivity contribution in [2.45, 2.75) is 39.3 Å². The first-order chi connectivity index (χ1) is 8.25. The van der Waals surface area contributed by atoms with E-state index >= 15 is 0 Å². The fourth-order valence-electron chi connectivity index (χ4n) is 2.64. The number of piperidine rings is 1. The van der Waals surface area contributed by atoms with Crippen LogP contribution in [0.4, 0.5) is 0 Å². The van der Waals surface area contributed by atoms with E-state index in [1.54, 1.807) is 12.5 Å². The summed E-state index contributed by atoms with van der Waals surface area (Å²) in [5.41, 5.74) is 1.23. The predicted molar refractivity (Wildman–Crippen MR) is 69.8 cm³/mol. The van der Waals surface area contributed by atoms with Gasteiger partial charge in [0.2, 0.25) is 0 Å². The Morgan fingerprint density at radius 3 is 3.06 bits per heavy atom. The fraction of sp³-hybridized carbons (Fsp3) is 0.714. The SMILES string of the molecule is CC1CCN(CCNCc2ccoc2)C(C)C1. The summed E-state index contributed by atoms with van der Waals surface area (Å²) in [4.78, 5) is 2.60. The quantitative estimate of drug-likeness (QED) is 0.796. The van der Waals surface area contributed by atoms with E-state index in [1.807, 2.05) is 6.07 Å². The molecule has 1 aliphatic heterocycles. The second-order valence-corrected chi connectivity index (χ2v) is 5.32. The summed E-state index contributed by atoms with van der Waals surface area (Å²) in [5.74, 6) is 0.903. The summed E-state index contributed by atoms with van der Waals surface area (Å²) in [5, 5.41) is 3.47. The molecule has 2 atom stereocenters. The molecule has 1 fully saturated rings. The van der Waals surface area contributed by atoms with Crippen LogP contribution in [0, 0.1) is 5.92 Å². The molecule has 0 aliphatic carbocycles. The Labute approximate surface area is 104 Å². The van der Waals surface area contributed by atoms with Crippen LogP contribution in [0.1, 0.15) is 32.3 Å². The number of likely N-dealkylation sites (tertiary alicyclic amines) is 1. The molecule has 0 radical (unpaired) electrons. The lowest BCUT2D eigenvalue weighted by Gasteiger charge is -2.36. The van der Waals surface area contributed by atoms with Crippen molar-refractivity contribution in [3.8, 4) is 0 Å². The number of nitrogens with zero attached hydrogens (tertiary/aromatic N) is 1. The first-order valence-corrected chi connectivity index (χ1v) is 6.71. The van der Waals surface area contributed by atoms with Gasteiger partial charge in [0.1, 0.15) is 0 Å². The van der Waals surface area contributed by atoms with Crippen molar-refractivity contribution in [2.24, 2.45) is 5.92 Å². The molecule has 96 valence electrons. The van der Waals surface area contributed by atoms with Crippen molar-refractivity contribution >= 4 is 0 Å². The van der Waals surface area contributed by atoms with E-state index in [-0.39, 0.29) is 0 Å². The van der Waals surface area contributed by atoms with Gasteiger partial charge in [0, 0.05) is 31.2 Å². The van der Waals surface area contributed by atoms with Gasteiger partial charge in [0.25, 0.3) is 0 Å². The van der Waals surface area contributed by atoms with Gasteiger partial charge < -0.3 is 9.73 Å². The molecule has 1 aromatic rings. The molecule has 1 aliphatic rings. The largest absolute Gasteiger partial charge is 0.472 e. The fourth-order valence-corrected chi connectivity index (χ4v) is 2.64. The molecule has 0 aromatic carbocycles. The Hall–Kier alpha value is -0.800. The van der Waals surface area contributed by atoms with Crippen molar-refractivity contribution in [1.82, 2.24) is 10.2 Å². The summed E-state index contributed by atoms with van der Waals surface area (Å²) in [6, 6.07) is 2.76. The minimum Gasteiger partial charge on any atom is -0.472 e. The zero-order valence-corrected chi connectivity index (χ0v) is 11.0. The highest BCUT2D eigenvalue weighted by Crippen LogP contribution is 2.21. The normalized spacial score (nSPS) is 26.2. The molecular weight excluding hydrogens is 212 g/mol. The predicted octanol–water partition coefficient (Wildman–Crippen LogP) is 2.49. The lowest BCUT2D eigenvalue weighted by molar-refractivity contribution is 0.130. The Morgan fingerprint density at radius 1 is 1.47 bits per heavy atom. The van der Waals surface area contributed by atoms with Crippen LogP contribution in [-0.2, 0) is 6.54 Å². The third kappa shape index (κ3) is 3.86. The van der Waals surface area contributed by atoms with E-state index in [4.69, 9.17) is 4.42 Å². The summed E-state index contributed by atoms with van der Waals surface area (Å²) >= 11 is 0. The number of hydrogen-bond donors (Lipinski definition) is 1. The topological polar surface area (TPSA) is 28.4 Å². The second-order valence-electron chi connectivity index (χ2n) is 5.32. The molecule has 2 rings (SSSR count). The van der Waals surface area contributed by atoms with E-state index < -0.39 is 0 Å². The van der Waals surface area contributed by atoms with Crippen LogP contribution < -0.4 is 5.32 Å². The molecular formula is C14H24N2O. The smallest absolute Gasteiger partial charge is 0.0947 e. The van der Waals surface area contributed by atoms with Crippen molar-refractivity contribution in [3.63, 3.8) is 0 Å². The third-order valence-corrected chi connectivity index (χ3v) is 3.76. The van der Waals surface area contributed by atoms with E-state index in [2.05, 4.69) is 24.1 Å². The molecule has 0 bridgehead atoms. The molecule has 2 unspecified atom stereocenters. The van der Waals surface area contributed by atoms with Crippen LogP contribution >= 0.6 is 0 Å². The van der Waals surface area contributed by atoms with Gasteiger partial charge in [0.05, 0.1) is 12.5 Å². The van der Waals surface area contributed by atoms with Crippen molar-refractivity contribution in [3.05, 3.63) is 24.2 Å². The van der Waals surface area contributed by atoms with Crippen LogP contribution in [0.3, 0.4) is 0 Å². The average Bonchev–Trinajstić information content (AvgIpc) is 2.79. The highest BCUT2D eigenvalue weighted by Gasteiger charge is 2.21. The molecule has 0 saturated carbocycles. The molecule has 3 nitrogen and oxygen atoms in total. The van der Waals surface area contributed by atoms with E-state index in [1.165, 1.54) is 24.9 Å². The molecule has 3 heteroatoms. The number of nitrogens with one attached hydrogen (secondary N) is 1. The Kier molecular flexibility index (Phi) is 4.63. The maximum atomic E-state index is 5.04. The molecule has 1 N–H and O–H groups in total. The highest BCUT2D eigenvalue weighted by molar-refractivity contribution is 5.04. The first-order valence-electron chi connectivity index (χ1n) is 6.71. The lowest BCUT2D eigenvalue weighted by atomic mass is 9.93. The van der Waals surface area contributed by atoms with Crippen LogP contribution in [0.15, 0.2) is 23.0 Å². The van der Waals surface area contributed by atoms with E-state index in [0.29, 0.717) is 0 Å². The maximum Gasteiger partial charge on any atom is 0.0947 e. The van der Waals surface area contributed by atoms with Crippen LogP contribution in [0.2, 0.25) is 0 Å². The minimum absolute atomic E-state index is 0.745. The van der Waals surface area contributed by atoms with Crippen molar-refractivity contribution in [2.75, 3.05) is 19.6 Å². The first kappa shape index (κ1) is 12.7. The molecule has 1 aromatic heterocycles. The number of rotatable bonds is 5. The summed E-state index contributed by atoms with van der Waals surface area (Å²) in [6.45, 7) is 9.11. The van der Waals surface area contributed by atoms with Crippen LogP contribution in [0.5, 0.6) is 0 Å². The minimum atomic E-state index is 0.745. The van der Waals surface area contributed by atoms with Gasteiger partial charge in [-0.1, -0.05) is 6.92 Å². The van der Waals surface area contributed by atoms with Gasteiger partial charge in [0.15, 0.2) is 0 Å². The van der Waals surface area contributed by atoms with Gasteiger partial charge in [-0.25, -0.2) is 0 Å². The number of hydrogen-bond acceptors (Lipinski definition) is 3. The Balaban J connectivity index is 1.61. The molecule has 0 spiro atoms. The molecule has 0 amide bonds. The summed E-state index contributed by atoms with van der Waals surface area (Å²) in [6.07, 6.45) is 6.23. The van der Waals surface area contributed by atoms with E-state index in [9.17, 15) is 0 Å². The van der Waals surface area contributed by atoms with Gasteiger partial charge in [-0.15, -0.1) is 0 Å². The average molecular weight is 236 g/mol. The van der Waals surface area contributed by atoms with Gasteiger partial charge >= 0.3 is 0 Å². The summed E-state index contributed by atoms with van der Waals surface area (Å²) < 4.78 is 5.04. The zero-order valence-electron chi connectivity index (χ0n) is 11.0. The lowest BCUT2D eigenvalue weighted by Crippen LogP contribution is -2.43. The third-order valence-electron chi connectivity index (χ3n) is 3.76. The Bertz CT molecular complexity index is 310. The monoisotopic (exact) mass is 236 g/mol. The number of furan rings is 1. The van der Waals surface area contributed by atoms with Crippen molar-refractivity contribution < 1.29 is 4.42 Å². The summed E-state index contributed by atoms with van der Waals surface area (Å²) in [7, 11) is 0. The molecule has 1 saturated heterocycles. The van der Waals surface area contributed by atoms with Crippen molar-refractivity contribution in [1.29, 1.82) is 0 Å². The van der Waals surface area contributed by atoms with Gasteiger partial charge in [-0.3, -0.25) is 4.90 Å². The van der Waals surface area contributed by atoms with Gasteiger partial charge in [-0.05, 0) is 38.3 Å². The molecule has 2 heterocycles. The van der Waals surface area contributed by atoms with Gasteiger partial charge in [-0.2, -0.15) is 0 Å². The zero-order chi connectivity index (χ0) is 12.1. The maximum absolute atomic E-state index is 5.04. The van der Waals surface area contributed by atoms with E-state index in [0.717, 1.165) is 31.6 Å². The highest BCUT2D eigenvalue weighted by atomic mass is 16.3. The standard InChI is InChI=1S/C14H24N2O/c1-12-3-6-16(13(2)9-12)7-5-15-10-14-4-8-17-11-14/h4,8,11-13,15H,3,5-7,9-10H2,1-2H3. The van der Waals surface area contributed by atoms with Crippen LogP contribution in [-0.4, -0.2) is 30.6 Å². The molecule has 17 heavy (non-hydrogen) atoms. The van der Waals surface area contributed by atoms with Crippen LogP contribution in [0.25, 0.3) is 0 Å². The second kappa shape index (κ2) is 6.22. The Morgan fingerprint density at radius 2 is 2.35 bits per heavy atom.